The highest BCUT2D eigenvalue weighted by Gasteiger charge is 2.35. The van der Waals surface area contributed by atoms with Crippen LogP contribution in [0.1, 0.15) is 19.4 Å². The summed E-state index contributed by atoms with van der Waals surface area (Å²) in [4.78, 5) is 37.5. The third kappa shape index (κ3) is 4.88. The van der Waals surface area contributed by atoms with Crippen molar-refractivity contribution in [2.45, 2.75) is 20.0 Å². The average molecular weight is 489 g/mol. The predicted molar refractivity (Wildman–Crippen MR) is 117 cm³/mol. The van der Waals surface area contributed by atoms with Crippen LogP contribution in [0.25, 0.3) is 6.08 Å². The first kappa shape index (κ1) is 22.4. The van der Waals surface area contributed by atoms with Crippen molar-refractivity contribution in [2.24, 2.45) is 0 Å². The molecule has 0 radical (unpaired) electrons. The zero-order valence-electron chi connectivity index (χ0n) is 17.2. The molecule has 8 nitrogen and oxygen atoms in total. The van der Waals surface area contributed by atoms with E-state index in [9.17, 15) is 14.4 Å². The summed E-state index contributed by atoms with van der Waals surface area (Å²) in [5.74, 6) is -1.09. The van der Waals surface area contributed by atoms with E-state index < -0.39 is 23.9 Å². The molecule has 0 unspecified atom stereocenters. The number of amides is 2. The highest BCUT2D eigenvalue weighted by atomic mass is 79.9. The number of hydrazine groups is 1. The molecular weight excluding hydrogens is 468 g/mol. The summed E-state index contributed by atoms with van der Waals surface area (Å²) in [6, 6.07) is 12.1. The molecule has 0 aliphatic carbocycles. The first-order chi connectivity index (χ1) is 14.8. The van der Waals surface area contributed by atoms with Crippen LogP contribution in [0.15, 0.2) is 52.5 Å². The molecule has 2 amide bonds. The number of carbonyl (C=O) groups excluding carboxylic acids is 3. The Bertz CT molecular complexity index is 1040. The second-order valence-electron chi connectivity index (χ2n) is 6.51. The van der Waals surface area contributed by atoms with Crippen molar-refractivity contribution in [1.29, 1.82) is 0 Å². The predicted octanol–water partition coefficient (Wildman–Crippen LogP) is 3.25. The number of nitrogens with zero attached hydrogens (tertiary/aromatic N) is 1. The Balaban J connectivity index is 2.01. The Morgan fingerprint density at radius 1 is 1.23 bits per heavy atom. The number of hydrogen-bond acceptors (Lipinski definition) is 6. The number of ether oxygens (including phenoxy) is 3. The fourth-order valence-electron chi connectivity index (χ4n) is 2.93. The second-order valence-corrected chi connectivity index (χ2v) is 7.43. The lowest BCUT2D eigenvalue weighted by atomic mass is 10.1. The lowest BCUT2D eigenvalue weighted by Gasteiger charge is -2.18. The Morgan fingerprint density at radius 2 is 1.94 bits per heavy atom. The van der Waals surface area contributed by atoms with E-state index in [4.69, 9.17) is 14.2 Å². The molecular formula is C22H21BrN2O6. The van der Waals surface area contributed by atoms with Gasteiger partial charge in [0.2, 0.25) is 0 Å². The molecule has 1 fully saturated rings. The average Bonchev–Trinajstić information content (AvgIpc) is 3.04. The van der Waals surface area contributed by atoms with Gasteiger partial charge in [0.15, 0.2) is 17.6 Å². The zero-order chi connectivity index (χ0) is 22.5. The summed E-state index contributed by atoms with van der Waals surface area (Å²) in [5, 5.41) is 1.17. The molecule has 9 heteroatoms. The third-order valence-electron chi connectivity index (χ3n) is 4.39. The van der Waals surface area contributed by atoms with Crippen molar-refractivity contribution in [3.05, 3.63) is 58.1 Å². The molecule has 1 N–H and O–H groups in total. The number of nitrogens with one attached hydrogen (secondary N) is 1. The van der Waals surface area contributed by atoms with Crippen molar-refractivity contribution in [1.82, 2.24) is 5.43 Å². The third-order valence-corrected chi connectivity index (χ3v) is 4.84. The minimum Gasteiger partial charge on any atom is -0.493 e. The monoisotopic (exact) mass is 488 g/mol. The maximum Gasteiger partial charge on any atom is 0.347 e. The molecule has 1 heterocycles. The minimum atomic E-state index is -0.930. The molecule has 2 aromatic rings. The minimum absolute atomic E-state index is 0.0855. The van der Waals surface area contributed by atoms with Crippen molar-refractivity contribution < 1.29 is 28.6 Å². The molecule has 0 saturated carbocycles. The summed E-state index contributed by atoms with van der Waals surface area (Å²) in [5.41, 5.74) is 3.38. The molecule has 2 aromatic carbocycles. The van der Waals surface area contributed by atoms with Gasteiger partial charge < -0.3 is 14.2 Å². The highest BCUT2D eigenvalue weighted by molar-refractivity contribution is 9.10. The first-order valence-electron chi connectivity index (χ1n) is 9.48. The fraction of sp³-hybridized carbons (Fsp3) is 0.227. The largest absolute Gasteiger partial charge is 0.493 e. The number of rotatable bonds is 7. The molecule has 1 atom stereocenters. The van der Waals surface area contributed by atoms with Crippen LogP contribution in [-0.4, -0.2) is 37.6 Å². The number of methoxy groups -OCH3 is 1. The smallest absolute Gasteiger partial charge is 0.347 e. The van der Waals surface area contributed by atoms with E-state index >= 15 is 0 Å². The summed E-state index contributed by atoms with van der Waals surface area (Å²) in [6.45, 7) is 3.45. The van der Waals surface area contributed by atoms with Gasteiger partial charge in [0.05, 0.1) is 19.4 Å². The van der Waals surface area contributed by atoms with Crippen molar-refractivity contribution in [2.75, 3.05) is 18.7 Å². The summed E-state index contributed by atoms with van der Waals surface area (Å²) >= 11 is 3.38. The molecule has 0 bridgehead atoms. The van der Waals surface area contributed by atoms with Crippen LogP contribution in [-0.2, 0) is 19.1 Å². The maximum atomic E-state index is 12.9. The van der Waals surface area contributed by atoms with Gasteiger partial charge in [-0.25, -0.2) is 9.80 Å². The molecule has 0 spiro atoms. The summed E-state index contributed by atoms with van der Waals surface area (Å²) in [7, 11) is 1.45. The number of benzene rings is 2. The van der Waals surface area contributed by atoms with E-state index in [1.807, 2.05) is 6.07 Å². The first-order valence-corrected chi connectivity index (χ1v) is 10.3. The Kier molecular flexibility index (Phi) is 6.96. The van der Waals surface area contributed by atoms with Crippen molar-refractivity contribution in [3.63, 3.8) is 0 Å². The van der Waals surface area contributed by atoms with Crippen molar-refractivity contribution in [3.8, 4) is 11.5 Å². The maximum absolute atomic E-state index is 12.9. The lowest BCUT2D eigenvalue weighted by Crippen LogP contribution is -2.35. The number of anilines is 1. The molecule has 1 saturated heterocycles. The number of para-hydroxylation sites is 1. The van der Waals surface area contributed by atoms with E-state index in [-0.39, 0.29) is 17.9 Å². The molecule has 1 aliphatic heterocycles. The van der Waals surface area contributed by atoms with Crippen LogP contribution in [0.5, 0.6) is 11.5 Å². The van der Waals surface area contributed by atoms with Gasteiger partial charge in [0.25, 0.3) is 11.8 Å². The number of carbonyl (C=O) groups is 3. The Hall–Kier alpha value is -3.33. The topological polar surface area (TPSA) is 94.2 Å². The molecule has 31 heavy (non-hydrogen) atoms. The SMILES string of the molecule is CCOC(=O)[C@@H](C)Oc1c(/C=C2/C(=O)NN(c3ccccc3)C2=O)cc(Br)cc1OC. The van der Waals surface area contributed by atoms with E-state index in [1.165, 1.54) is 18.2 Å². The lowest BCUT2D eigenvalue weighted by molar-refractivity contribution is -0.150. The summed E-state index contributed by atoms with van der Waals surface area (Å²) in [6.07, 6.45) is 0.474. The van der Waals surface area contributed by atoms with Crippen LogP contribution >= 0.6 is 15.9 Å². The van der Waals surface area contributed by atoms with Crippen LogP contribution in [0, 0.1) is 0 Å². The number of halogens is 1. The zero-order valence-corrected chi connectivity index (χ0v) is 18.8. The summed E-state index contributed by atoms with van der Waals surface area (Å²) < 4.78 is 16.8. The van der Waals surface area contributed by atoms with Crippen LogP contribution in [0.2, 0.25) is 0 Å². The van der Waals surface area contributed by atoms with Gasteiger partial charge in [-0.15, -0.1) is 0 Å². The van der Waals surface area contributed by atoms with E-state index in [0.29, 0.717) is 21.5 Å². The normalized spacial score (nSPS) is 15.6. The number of hydrogen-bond donors (Lipinski definition) is 1. The Morgan fingerprint density at radius 3 is 2.58 bits per heavy atom. The quantitative estimate of drug-likeness (QED) is 0.365. The molecule has 162 valence electrons. The fourth-order valence-corrected chi connectivity index (χ4v) is 3.38. The van der Waals surface area contributed by atoms with Crippen LogP contribution in [0.3, 0.4) is 0 Å². The van der Waals surface area contributed by atoms with Gasteiger partial charge in [-0.05, 0) is 44.2 Å². The molecule has 3 rings (SSSR count). The number of esters is 1. The van der Waals surface area contributed by atoms with Gasteiger partial charge in [-0.1, -0.05) is 34.1 Å². The second kappa shape index (κ2) is 9.65. The van der Waals surface area contributed by atoms with Crippen LogP contribution < -0.4 is 19.9 Å². The molecule has 0 aromatic heterocycles. The van der Waals surface area contributed by atoms with E-state index in [2.05, 4.69) is 21.4 Å². The van der Waals surface area contributed by atoms with E-state index in [1.54, 1.807) is 50.2 Å². The van der Waals surface area contributed by atoms with Crippen molar-refractivity contribution >= 4 is 45.5 Å². The van der Waals surface area contributed by atoms with Gasteiger partial charge in [0, 0.05) is 10.0 Å². The Labute approximate surface area is 187 Å². The van der Waals surface area contributed by atoms with Gasteiger partial charge in [-0.2, -0.15) is 0 Å². The van der Waals surface area contributed by atoms with Crippen LogP contribution in [0.4, 0.5) is 5.69 Å². The highest BCUT2D eigenvalue weighted by Crippen LogP contribution is 2.37. The van der Waals surface area contributed by atoms with Gasteiger partial charge >= 0.3 is 5.97 Å². The van der Waals surface area contributed by atoms with Gasteiger partial charge in [-0.3, -0.25) is 15.0 Å². The molecule has 1 aliphatic rings. The van der Waals surface area contributed by atoms with Gasteiger partial charge in [0.1, 0.15) is 5.57 Å². The standard InChI is InChI=1S/C22H21BrN2O6/c1-4-30-22(28)13(2)31-19-14(10-15(23)12-18(19)29-3)11-17-20(26)24-25(21(17)27)16-8-6-5-7-9-16/h5-13H,4H2,1-3H3,(H,24,26)/b17-11-/t13-/m1/s1. The van der Waals surface area contributed by atoms with E-state index in [0.717, 1.165) is 0 Å².